The van der Waals surface area contributed by atoms with E-state index in [-0.39, 0.29) is 0 Å². The quantitative estimate of drug-likeness (QED) is 0.635. The minimum Gasteiger partial charge on any atom is -0.457 e. The van der Waals surface area contributed by atoms with Gasteiger partial charge in [-0.25, -0.2) is 5.43 Å². The number of hydrogen-bond acceptors (Lipinski definition) is 3. The SMILES string of the molecule is Cc1ccc(Oc2ccccc2CNNc2ccccc2)cc1. The van der Waals surface area contributed by atoms with Crippen LogP contribution in [0.1, 0.15) is 11.1 Å². The Morgan fingerprint density at radius 2 is 1.48 bits per heavy atom. The van der Waals surface area contributed by atoms with Crippen LogP contribution in [0, 0.1) is 6.92 Å². The molecule has 0 unspecified atom stereocenters. The van der Waals surface area contributed by atoms with Crippen LogP contribution in [-0.2, 0) is 6.54 Å². The summed E-state index contributed by atoms with van der Waals surface area (Å²) in [5.74, 6) is 1.71. The highest BCUT2D eigenvalue weighted by Gasteiger charge is 2.04. The van der Waals surface area contributed by atoms with Crippen molar-refractivity contribution in [3.63, 3.8) is 0 Å². The lowest BCUT2D eigenvalue weighted by Crippen LogP contribution is -2.21. The number of rotatable bonds is 6. The van der Waals surface area contributed by atoms with Crippen molar-refractivity contribution in [2.24, 2.45) is 0 Å². The molecule has 0 amide bonds. The molecule has 0 fully saturated rings. The first-order chi connectivity index (χ1) is 11.3. The molecule has 3 rings (SSSR count). The summed E-state index contributed by atoms with van der Waals surface area (Å²) in [6.07, 6.45) is 0. The zero-order valence-corrected chi connectivity index (χ0v) is 13.1. The van der Waals surface area contributed by atoms with Crippen molar-refractivity contribution in [1.82, 2.24) is 5.43 Å². The van der Waals surface area contributed by atoms with Crippen LogP contribution in [0.2, 0.25) is 0 Å². The first kappa shape index (κ1) is 15.1. The Balaban J connectivity index is 1.64. The fraction of sp³-hybridized carbons (Fsp3) is 0.100. The highest BCUT2D eigenvalue weighted by molar-refractivity contribution is 5.42. The minimum atomic E-state index is 0.664. The van der Waals surface area contributed by atoms with E-state index in [0.717, 1.165) is 22.7 Å². The van der Waals surface area contributed by atoms with E-state index in [1.165, 1.54) is 5.56 Å². The van der Waals surface area contributed by atoms with Gasteiger partial charge in [0.05, 0.1) is 0 Å². The van der Waals surface area contributed by atoms with Gasteiger partial charge in [0.1, 0.15) is 11.5 Å². The molecule has 0 aliphatic heterocycles. The van der Waals surface area contributed by atoms with Gasteiger partial charge >= 0.3 is 0 Å². The maximum absolute atomic E-state index is 6.00. The molecule has 0 bridgehead atoms. The van der Waals surface area contributed by atoms with Crippen molar-refractivity contribution < 1.29 is 4.74 Å². The normalized spacial score (nSPS) is 10.3. The molecule has 3 heteroatoms. The molecule has 0 heterocycles. The molecule has 23 heavy (non-hydrogen) atoms. The van der Waals surface area contributed by atoms with E-state index in [0.29, 0.717) is 6.54 Å². The highest BCUT2D eigenvalue weighted by Crippen LogP contribution is 2.25. The van der Waals surface area contributed by atoms with E-state index in [9.17, 15) is 0 Å². The average molecular weight is 304 g/mol. The van der Waals surface area contributed by atoms with Gasteiger partial charge in [0.25, 0.3) is 0 Å². The van der Waals surface area contributed by atoms with E-state index in [1.54, 1.807) is 0 Å². The van der Waals surface area contributed by atoms with Gasteiger partial charge < -0.3 is 10.2 Å². The van der Waals surface area contributed by atoms with E-state index in [2.05, 4.69) is 23.8 Å². The van der Waals surface area contributed by atoms with E-state index < -0.39 is 0 Å². The summed E-state index contributed by atoms with van der Waals surface area (Å²) in [6, 6.07) is 26.1. The summed E-state index contributed by atoms with van der Waals surface area (Å²) >= 11 is 0. The summed E-state index contributed by atoms with van der Waals surface area (Å²) in [7, 11) is 0. The van der Waals surface area contributed by atoms with Crippen molar-refractivity contribution in [2.45, 2.75) is 13.5 Å². The molecule has 3 nitrogen and oxygen atoms in total. The lowest BCUT2D eigenvalue weighted by molar-refractivity contribution is 0.474. The van der Waals surface area contributed by atoms with Crippen LogP contribution in [-0.4, -0.2) is 0 Å². The second-order valence-electron chi connectivity index (χ2n) is 5.37. The van der Waals surface area contributed by atoms with Gasteiger partial charge in [-0.1, -0.05) is 54.1 Å². The number of para-hydroxylation sites is 2. The molecule has 0 aliphatic rings. The number of benzene rings is 3. The molecule has 0 aromatic heterocycles. The average Bonchev–Trinajstić information content (AvgIpc) is 2.59. The lowest BCUT2D eigenvalue weighted by atomic mass is 10.2. The van der Waals surface area contributed by atoms with Crippen molar-refractivity contribution in [3.8, 4) is 11.5 Å². The second-order valence-corrected chi connectivity index (χ2v) is 5.37. The standard InChI is InChI=1S/C20H20N2O/c1-16-11-13-19(14-12-16)23-20-10-6-5-7-17(20)15-21-22-18-8-3-2-4-9-18/h2-14,21-22H,15H2,1H3. The van der Waals surface area contributed by atoms with Gasteiger partial charge in [0.15, 0.2) is 0 Å². The predicted octanol–water partition coefficient (Wildman–Crippen LogP) is 4.90. The Morgan fingerprint density at radius 1 is 0.783 bits per heavy atom. The number of nitrogens with one attached hydrogen (secondary N) is 2. The maximum Gasteiger partial charge on any atom is 0.131 e. The predicted molar refractivity (Wildman–Crippen MR) is 94.6 cm³/mol. The molecule has 3 aromatic carbocycles. The summed E-state index contributed by atoms with van der Waals surface area (Å²) in [4.78, 5) is 0. The van der Waals surface area contributed by atoms with Crippen LogP contribution in [0.15, 0.2) is 78.9 Å². The monoisotopic (exact) mass is 304 g/mol. The number of ether oxygens (including phenoxy) is 1. The molecule has 116 valence electrons. The first-order valence-corrected chi connectivity index (χ1v) is 7.67. The molecule has 0 atom stereocenters. The third-order valence-corrected chi connectivity index (χ3v) is 3.51. The summed E-state index contributed by atoms with van der Waals surface area (Å²) in [5, 5.41) is 0. The van der Waals surface area contributed by atoms with E-state index >= 15 is 0 Å². The fourth-order valence-corrected chi connectivity index (χ4v) is 2.25. The molecule has 3 aromatic rings. The zero-order chi connectivity index (χ0) is 15.9. The van der Waals surface area contributed by atoms with Gasteiger partial charge in [-0.3, -0.25) is 0 Å². The van der Waals surface area contributed by atoms with Crippen molar-refractivity contribution >= 4 is 5.69 Å². The Labute approximate surface area is 136 Å². The molecule has 2 N–H and O–H groups in total. The van der Waals surface area contributed by atoms with Crippen molar-refractivity contribution in [2.75, 3.05) is 5.43 Å². The van der Waals surface area contributed by atoms with Crippen LogP contribution in [0.25, 0.3) is 0 Å². The third-order valence-electron chi connectivity index (χ3n) is 3.51. The van der Waals surface area contributed by atoms with Gasteiger partial charge in [-0.2, -0.15) is 0 Å². The number of hydrazine groups is 1. The van der Waals surface area contributed by atoms with Gasteiger partial charge in [-0.05, 0) is 37.3 Å². The third kappa shape index (κ3) is 4.34. The lowest BCUT2D eigenvalue weighted by Gasteiger charge is -2.13. The summed E-state index contributed by atoms with van der Waals surface area (Å²) < 4.78 is 6.00. The topological polar surface area (TPSA) is 33.3 Å². The van der Waals surface area contributed by atoms with E-state index in [4.69, 9.17) is 4.74 Å². The molecule has 0 spiro atoms. The van der Waals surface area contributed by atoms with Crippen LogP contribution in [0.5, 0.6) is 11.5 Å². The van der Waals surface area contributed by atoms with Gasteiger partial charge in [0.2, 0.25) is 0 Å². The Bertz CT molecular complexity index is 739. The molecular weight excluding hydrogens is 284 g/mol. The number of anilines is 1. The molecule has 0 saturated carbocycles. The van der Waals surface area contributed by atoms with Crippen LogP contribution in [0.3, 0.4) is 0 Å². The highest BCUT2D eigenvalue weighted by atomic mass is 16.5. The fourth-order valence-electron chi connectivity index (χ4n) is 2.25. The molecule has 0 aliphatic carbocycles. The van der Waals surface area contributed by atoms with Gasteiger partial charge in [-0.15, -0.1) is 0 Å². The summed E-state index contributed by atoms with van der Waals surface area (Å²) in [5.41, 5.74) is 9.76. The smallest absolute Gasteiger partial charge is 0.131 e. The molecular formula is C20H20N2O. The Kier molecular flexibility index (Phi) is 4.92. The van der Waals surface area contributed by atoms with E-state index in [1.807, 2.05) is 72.8 Å². The van der Waals surface area contributed by atoms with Crippen molar-refractivity contribution in [3.05, 3.63) is 90.0 Å². The maximum atomic E-state index is 6.00. The zero-order valence-electron chi connectivity index (χ0n) is 13.1. The minimum absolute atomic E-state index is 0.664. The largest absolute Gasteiger partial charge is 0.457 e. The Morgan fingerprint density at radius 3 is 2.26 bits per heavy atom. The van der Waals surface area contributed by atoms with Crippen molar-refractivity contribution in [1.29, 1.82) is 0 Å². The first-order valence-electron chi connectivity index (χ1n) is 7.67. The molecule has 0 radical (unpaired) electrons. The number of aryl methyl sites for hydroxylation is 1. The second kappa shape index (κ2) is 7.47. The number of hydrogen-bond donors (Lipinski definition) is 2. The summed E-state index contributed by atoms with van der Waals surface area (Å²) in [6.45, 7) is 2.73. The van der Waals surface area contributed by atoms with Crippen LogP contribution in [0.4, 0.5) is 5.69 Å². The van der Waals surface area contributed by atoms with Gasteiger partial charge in [0, 0.05) is 17.8 Å². The Hall–Kier alpha value is -2.78. The van der Waals surface area contributed by atoms with Crippen LogP contribution >= 0.6 is 0 Å². The van der Waals surface area contributed by atoms with Crippen LogP contribution < -0.4 is 15.6 Å². The molecule has 0 saturated heterocycles.